The summed E-state index contributed by atoms with van der Waals surface area (Å²) in [4.78, 5) is 11.9. The monoisotopic (exact) mass is 330 g/mol. The van der Waals surface area contributed by atoms with Gasteiger partial charge in [-0.3, -0.25) is 0 Å². The maximum absolute atomic E-state index is 11.9. The zero-order chi connectivity index (χ0) is 17.0. The van der Waals surface area contributed by atoms with Crippen LogP contribution in [0.5, 0.6) is 0 Å². The maximum atomic E-state index is 11.9. The second-order valence-electron chi connectivity index (χ2n) is 7.37. The van der Waals surface area contributed by atoms with Crippen LogP contribution in [0.3, 0.4) is 0 Å². The van der Waals surface area contributed by atoms with Crippen molar-refractivity contribution >= 4 is 5.97 Å². The number of carbonyl (C=O) groups is 1. The van der Waals surface area contributed by atoms with Gasteiger partial charge < -0.3 is 4.74 Å². The molecule has 2 saturated carbocycles. The van der Waals surface area contributed by atoms with Crippen molar-refractivity contribution in [1.82, 2.24) is 0 Å². The van der Waals surface area contributed by atoms with Crippen LogP contribution >= 0.6 is 0 Å². The van der Waals surface area contributed by atoms with E-state index < -0.39 is 0 Å². The van der Waals surface area contributed by atoms with E-state index in [1.165, 1.54) is 44.9 Å². The van der Waals surface area contributed by atoms with Crippen LogP contribution in [0.15, 0.2) is 37.0 Å². The highest BCUT2D eigenvalue weighted by atomic mass is 16.5. The minimum absolute atomic E-state index is 0.150. The van der Waals surface area contributed by atoms with Gasteiger partial charge in [-0.15, -0.1) is 0 Å². The first-order valence-corrected chi connectivity index (χ1v) is 9.94. The van der Waals surface area contributed by atoms with Crippen LogP contribution in [-0.4, -0.2) is 12.1 Å². The van der Waals surface area contributed by atoms with Gasteiger partial charge in [-0.25, -0.2) is 4.79 Å². The summed E-state index contributed by atoms with van der Waals surface area (Å²) in [5, 5.41) is 0. The Morgan fingerprint density at radius 1 is 0.917 bits per heavy atom. The summed E-state index contributed by atoms with van der Waals surface area (Å²) in [6.45, 7) is 3.64. The number of hydrogen-bond acceptors (Lipinski definition) is 2. The molecule has 0 amide bonds. The van der Waals surface area contributed by atoms with Crippen LogP contribution in [-0.2, 0) is 9.53 Å². The standard InChI is InChI=1S/C22H34O2/c1-2-3-4-5-6-7-11-14-22(23)24-21-17-15-20(16-18-21)19-12-9-8-10-13-19/h2-4,11,14,19-21H,1,5-10,12-13,15-18H2/b4-3+,14-11-. The maximum Gasteiger partial charge on any atom is 0.330 e. The van der Waals surface area contributed by atoms with Crippen molar-refractivity contribution in [3.63, 3.8) is 0 Å². The molecule has 0 unspecified atom stereocenters. The summed E-state index contributed by atoms with van der Waals surface area (Å²) in [5.74, 6) is 1.68. The molecule has 0 spiro atoms. The molecule has 2 rings (SSSR count). The van der Waals surface area contributed by atoms with Gasteiger partial charge in [-0.05, 0) is 56.8 Å². The van der Waals surface area contributed by atoms with E-state index >= 15 is 0 Å². The quantitative estimate of drug-likeness (QED) is 0.231. The van der Waals surface area contributed by atoms with Crippen LogP contribution in [0.2, 0.25) is 0 Å². The molecule has 24 heavy (non-hydrogen) atoms. The molecule has 0 heterocycles. The van der Waals surface area contributed by atoms with Gasteiger partial charge in [0, 0.05) is 6.08 Å². The molecule has 0 aromatic carbocycles. The molecular weight excluding hydrogens is 296 g/mol. The lowest BCUT2D eigenvalue weighted by molar-refractivity contribution is -0.145. The molecule has 2 aliphatic carbocycles. The average Bonchev–Trinajstić information content (AvgIpc) is 2.62. The van der Waals surface area contributed by atoms with Gasteiger partial charge in [0.15, 0.2) is 0 Å². The van der Waals surface area contributed by atoms with Crippen molar-refractivity contribution in [2.24, 2.45) is 11.8 Å². The molecule has 0 aromatic heterocycles. The topological polar surface area (TPSA) is 26.3 Å². The van der Waals surface area contributed by atoms with Crippen molar-refractivity contribution in [2.45, 2.75) is 83.2 Å². The first-order chi connectivity index (χ1) is 11.8. The summed E-state index contributed by atoms with van der Waals surface area (Å²) in [5.41, 5.74) is 0. The number of rotatable bonds is 8. The second kappa shape index (κ2) is 11.3. The number of allylic oxidation sites excluding steroid dienone is 4. The molecule has 0 N–H and O–H groups in total. The van der Waals surface area contributed by atoms with Gasteiger partial charge in [0.25, 0.3) is 0 Å². The molecule has 134 valence electrons. The third kappa shape index (κ3) is 7.07. The molecule has 0 radical (unpaired) electrons. The van der Waals surface area contributed by atoms with E-state index in [0.717, 1.165) is 43.9 Å². The SMILES string of the molecule is C=C/C=C/CCC/C=C\C(=O)OC1CCC(C2CCCCC2)CC1. The fraction of sp³-hybridized carbons (Fsp3) is 0.682. The van der Waals surface area contributed by atoms with Gasteiger partial charge in [0.2, 0.25) is 0 Å². The van der Waals surface area contributed by atoms with Gasteiger partial charge >= 0.3 is 5.97 Å². The van der Waals surface area contributed by atoms with Crippen molar-refractivity contribution in [2.75, 3.05) is 0 Å². The minimum atomic E-state index is -0.155. The average molecular weight is 331 g/mol. The smallest absolute Gasteiger partial charge is 0.330 e. The van der Waals surface area contributed by atoms with E-state index in [2.05, 4.69) is 12.7 Å². The van der Waals surface area contributed by atoms with Crippen molar-refractivity contribution in [3.05, 3.63) is 37.0 Å². The van der Waals surface area contributed by atoms with Crippen LogP contribution in [0.1, 0.15) is 77.0 Å². The van der Waals surface area contributed by atoms with Crippen molar-refractivity contribution in [1.29, 1.82) is 0 Å². The first kappa shape index (κ1) is 19.0. The summed E-state index contributed by atoms with van der Waals surface area (Å²) < 4.78 is 5.62. The van der Waals surface area contributed by atoms with Gasteiger partial charge in [-0.2, -0.15) is 0 Å². The van der Waals surface area contributed by atoms with Crippen LogP contribution < -0.4 is 0 Å². The van der Waals surface area contributed by atoms with E-state index in [4.69, 9.17) is 4.74 Å². The molecule has 0 aromatic rings. The van der Waals surface area contributed by atoms with Crippen LogP contribution in [0.25, 0.3) is 0 Å². The van der Waals surface area contributed by atoms with Crippen molar-refractivity contribution in [3.8, 4) is 0 Å². The van der Waals surface area contributed by atoms with E-state index in [1.54, 1.807) is 12.2 Å². The Labute approximate surface area is 148 Å². The summed E-state index contributed by atoms with van der Waals surface area (Å²) in [7, 11) is 0. The summed E-state index contributed by atoms with van der Waals surface area (Å²) in [6, 6.07) is 0. The lowest BCUT2D eigenvalue weighted by atomic mass is 9.73. The number of hydrogen-bond donors (Lipinski definition) is 0. The molecule has 0 atom stereocenters. The fourth-order valence-electron chi connectivity index (χ4n) is 4.21. The molecular formula is C22H34O2. The third-order valence-corrected chi connectivity index (χ3v) is 5.59. The number of unbranched alkanes of at least 4 members (excludes halogenated alkanes) is 2. The minimum Gasteiger partial charge on any atom is -0.459 e. The molecule has 2 fully saturated rings. The summed E-state index contributed by atoms with van der Waals surface area (Å²) in [6.07, 6.45) is 24.3. The van der Waals surface area contributed by atoms with Gasteiger partial charge in [0.1, 0.15) is 6.10 Å². The zero-order valence-electron chi connectivity index (χ0n) is 15.1. The van der Waals surface area contributed by atoms with E-state index in [0.29, 0.717) is 0 Å². The summed E-state index contributed by atoms with van der Waals surface area (Å²) >= 11 is 0. The fourth-order valence-corrected chi connectivity index (χ4v) is 4.21. The molecule has 2 heteroatoms. The predicted molar refractivity (Wildman–Crippen MR) is 101 cm³/mol. The molecule has 0 saturated heterocycles. The van der Waals surface area contributed by atoms with E-state index in [-0.39, 0.29) is 12.1 Å². The predicted octanol–water partition coefficient (Wildman–Crippen LogP) is 6.14. The van der Waals surface area contributed by atoms with Gasteiger partial charge in [0.05, 0.1) is 0 Å². The Hall–Kier alpha value is -1.31. The second-order valence-corrected chi connectivity index (χ2v) is 7.37. The molecule has 0 bridgehead atoms. The highest BCUT2D eigenvalue weighted by Gasteiger charge is 2.29. The molecule has 0 aliphatic heterocycles. The largest absolute Gasteiger partial charge is 0.459 e. The first-order valence-electron chi connectivity index (χ1n) is 9.94. The lowest BCUT2D eigenvalue weighted by Crippen LogP contribution is -2.28. The highest BCUT2D eigenvalue weighted by Crippen LogP contribution is 2.38. The Bertz CT molecular complexity index is 421. The third-order valence-electron chi connectivity index (χ3n) is 5.59. The van der Waals surface area contributed by atoms with Gasteiger partial charge in [-0.1, -0.05) is 63.0 Å². The number of ether oxygens (including phenoxy) is 1. The number of carbonyl (C=O) groups excluding carboxylic acids is 1. The van der Waals surface area contributed by atoms with Crippen LogP contribution in [0.4, 0.5) is 0 Å². The molecule has 2 aliphatic rings. The Kier molecular flexibility index (Phi) is 8.94. The van der Waals surface area contributed by atoms with E-state index in [9.17, 15) is 4.79 Å². The Morgan fingerprint density at radius 2 is 1.58 bits per heavy atom. The Morgan fingerprint density at radius 3 is 2.29 bits per heavy atom. The highest BCUT2D eigenvalue weighted by molar-refractivity contribution is 5.82. The van der Waals surface area contributed by atoms with E-state index in [1.807, 2.05) is 12.2 Å². The number of esters is 1. The normalized spacial score (nSPS) is 26.0. The lowest BCUT2D eigenvalue weighted by Gasteiger charge is -2.35. The Balaban J connectivity index is 1.58. The molecule has 2 nitrogen and oxygen atoms in total. The van der Waals surface area contributed by atoms with Crippen molar-refractivity contribution < 1.29 is 9.53 Å². The zero-order valence-corrected chi connectivity index (χ0v) is 15.1. The van der Waals surface area contributed by atoms with Crippen LogP contribution in [0, 0.1) is 11.8 Å².